The second-order valence-corrected chi connectivity index (χ2v) is 4.74. The molecule has 0 spiro atoms. The van der Waals surface area contributed by atoms with Crippen molar-refractivity contribution in [2.45, 2.75) is 19.4 Å². The molecular weight excluding hydrogens is 245 g/mol. The van der Waals surface area contributed by atoms with Crippen molar-refractivity contribution in [1.82, 2.24) is 4.90 Å². The normalized spacial score (nSPS) is 14.4. The Morgan fingerprint density at radius 3 is 2.88 bits per heavy atom. The number of unbranched alkanes of at least 4 members (excludes halogenated alkanes) is 1. The molecular formula is C12H13Cl2NO. The highest BCUT2D eigenvalue weighted by Crippen LogP contribution is 2.25. The molecule has 1 heterocycles. The Morgan fingerprint density at radius 2 is 2.12 bits per heavy atom. The van der Waals surface area contributed by atoms with Crippen LogP contribution in [-0.4, -0.2) is 23.2 Å². The fraction of sp³-hybridized carbons (Fsp3) is 0.417. The smallest absolute Gasteiger partial charge is 0.254 e. The first-order valence-corrected chi connectivity index (χ1v) is 6.27. The number of carbonyl (C=O) groups excluding carboxylic acids is 1. The van der Waals surface area contributed by atoms with Crippen molar-refractivity contribution in [2.24, 2.45) is 0 Å². The zero-order valence-electron chi connectivity index (χ0n) is 8.88. The van der Waals surface area contributed by atoms with E-state index >= 15 is 0 Å². The Kier molecular flexibility index (Phi) is 3.72. The first kappa shape index (κ1) is 11.7. The standard InChI is InChI=1S/C12H13Cl2NO/c13-5-1-2-6-15-8-9-3-4-10(14)7-11(9)12(15)16/h3-4,7H,1-2,5-6,8H2. The number of carbonyl (C=O) groups is 1. The topological polar surface area (TPSA) is 20.3 Å². The van der Waals surface area contributed by atoms with E-state index in [9.17, 15) is 4.79 Å². The van der Waals surface area contributed by atoms with Crippen LogP contribution in [0.2, 0.25) is 5.02 Å². The van der Waals surface area contributed by atoms with E-state index in [0.29, 0.717) is 17.4 Å². The third kappa shape index (κ3) is 2.33. The van der Waals surface area contributed by atoms with Crippen molar-refractivity contribution in [3.8, 4) is 0 Å². The average Bonchev–Trinajstić information content (AvgIpc) is 2.57. The third-order valence-corrected chi connectivity index (χ3v) is 3.26. The second kappa shape index (κ2) is 5.07. The van der Waals surface area contributed by atoms with E-state index in [1.807, 2.05) is 17.0 Å². The van der Waals surface area contributed by atoms with Crippen LogP contribution in [-0.2, 0) is 6.54 Å². The molecule has 0 atom stereocenters. The number of halogens is 2. The second-order valence-electron chi connectivity index (χ2n) is 3.92. The number of nitrogens with zero attached hydrogens (tertiary/aromatic N) is 1. The van der Waals surface area contributed by atoms with Crippen LogP contribution in [0.5, 0.6) is 0 Å². The summed E-state index contributed by atoms with van der Waals surface area (Å²) in [7, 11) is 0. The first-order valence-electron chi connectivity index (χ1n) is 5.36. The van der Waals surface area contributed by atoms with Crippen LogP contribution in [0.1, 0.15) is 28.8 Å². The lowest BCUT2D eigenvalue weighted by atomic mass is 10.1. The molecule has 0 bridgehead atoms. The summed E-state index contributed by atoms with van der Waals surface area (Å²) in [6.45, 7) is 1.48. The molecule has 0 radical (unpaired) electrons. The largest absolute Gasteiger partial charge is 0.334 e. The monoisotopic (exact) mass is 257 g/mol. The van der Waals surface area contributed by atoms with Crippen molar-refractivity contribution in [3.63, 3.8) is 0 Å². The summed E-state index contributed by atoms with van der Waals surface area (Å²) in [6.07, 6.45) is 1.90. The molecule has 1 aliphatic heterocycles. The van der Waals surface area contributed by atoms with Crippen LogP contribution in [0.4, 0.5) is 0 Å². The molecule has 0 unspecified atom stereocenters. The van der Waals surface area contributed by atoms with Gasteiger partial charge in [0.1, 0.15) is 0 Å². The number of benzene rings is 1. The van der Waals surface area contributed by atoms with Crippen LogP contribution in [0.3, 0.4) is 0 Å². The minimum Gasteiger partial charge on any atom is -0.334 e. The van der Waals surface area contributed by atoms with Crippen molar-refractivity contribution >= 4 is 29.1 Å². The van der Waals surface area contributed by atoms with Crippen LogP contribution in [0.25, 0.3) is 0 Å². The number of fused-ring (bicyclic) bond motifs is 1. The molecule has 2 rings (SSSR count). The molecule has 86 valence electrons. The van der Waals surface area contributed by atoms with Crippen molar-refractivity contribution in [1.29, 1.82) is 0 Å². The summed E-state index contributed by atoms with van der Waals surface area (Å²) in [4.78, 5) is 13.8. The quantitative estimate of drug-likeness (QED) is 0.599. The van der Waals surface area contributed by atoms with E-state index in [1.165, 1.54) is 0 Å². The minimum atomic E-state index is 0.0899. The molecule has 16 heavy (non-hydrogen) atoms. The first-order chi connectivity index (χ1) is 7.72. The molecule has 0 fully saturated rings. The van der Waals surface area contributed by atoms with Gasteiger partial charge in [0.25, 0.3) is 5.91 Å². The van der Waals surface area contributed by atoms with Gasteiger partial charge >= 0.3 is 0 Å². The van der Waals surface area contributed by atoms with Gasteiger partial charge in [-0.15, -0.1) is 11.6 Å². The van der Waals surface area contributed by atoms with Gasteiger partial charge in [0, 0.05) is 29.6 Å². The van der Waals surface area contributed by atoms with Gasteiger partial charge in [-0.1, -0.05) is 17.7 Å². The number of alkyl halides is 1. The molecule has 0 saturated carbocycles. The van der Waals surface area contributed by atoms with E-state index < -0.39 is 0 Å². The van der Waals surface area contributed by atoms with Gasteiger partial charge in [-0.25, -0.2) is 0 Å². The highest BCUT2D eigenvalue weighted by atomic mass is 35.5. The Bertz CT molecular complexity index is 406. The molecule has 1 aliphatic rings. The van der Waals surface area contributed by atoms with Gasteiger partial charge in [0.15, 0.2) is 0 Å². The van der Waals surface area contributed by atoms with Gasteiger partial charge in [-0.3, -0.25) is 4.79 Å². The molecule has 0 saturated heterocycles. The predicted octanol–water partition coefficient (Wildman–Crippen LogP) is 3.31. The van der Waals surface area contributed by atoms with Gasteiger partial charge in [-0.05, 0) is 30.5 Å². The Balaban J connectivity index is 2.06. The third-order valence-electron chi connectivity index (χ3n) is 2.76. The van der Waals surface area contributed by atoms with Gasteiger partial charge < -0.3 is 4.90 Å². The van der Waals surface area contributed by atoms with E-state index in [2.05, 4.69) is 0 Å². The van der Waals surface area contributed by atoms with Gasteiger partial charge in [0.2, 0.25) is 0 Å². The lowest BCUT2D eigenvalue weighted by Gasteiger charge is -2.14. The van der Waals surface area contributed by atoms with Crippen LogP contribution >= 0.6 is 23.2 Å². The SMILES string of the molecule is O=C1c2cc(Cl)ccc2CN1CCCCCl. The van der Waals surface area contributed by atoms with E-state index in [0.717, 1.165) is 30.5 Å². The van der Waals surface area contributed by atoms with Crippen molar-refractivity contribution in [2.75, 3.05) is 12.4 Å². The summed E-state index contributed by atoms with van der Waals surface area (Å²) in [5.74, 6) is 0.743. The fourth-order valence-electron chi connectivity index (χ4n) is 1.91. The maximum absolute atomic E-state index is 12.0. The van der Waals surface area contributed by atoms with E-state index in [4.69, 9.17) is 23.2 Å². The maximum atomic E-state index is 12.0. The number of rotatable bonds is 4. The Labute approximate surface area is 105 Å². The molecule has 2 nitrogen and oxygen atoms in total. The van der Waals surface area contributed by atoms with Crippen molar-refractivity contribution in [3.05, 3.63) is 34.3 Å². The van der Waals surface area contributed by atoms with Crippen LogP contribution < -0.4 is 0 Å². The summed E-state index contributed by atoms with van der Waals surface area (Å²) in [5.41, 5.74) is 1.82. The molecule has 0 aliphatic carbocycles. The lowest BCUT2D eigenvalue weighted by Crippen LogP contribution is -2.24. The van der Waals surface area contributed by atoms with Gasteiger partial charge in [0.05, 0.1) is 0 Å². The fourth-order valence-corrected chi connectivity index (χ4v) is 2.27. The predicted molar refractivity (Wildman–Crippen MR) is 66.1 cm³/mol. The summed E-state index contributed by atoms with van der Waals surface area (Å²) < 4.78 is 0. The lowest BCUT2D eigenvalue weighted by molar-refractivity contribution is 0.0776. The van der Waals surface area contributed by atoms with E-state index in [1.54, 1.807) is 6.07 Å². The number of hydrogen-bond donors (Lipinski definition) is 0. The zero-order valence-corrected chi connectivity index (χ0v) is 10.4. The molecule has 4 heteroatoms. The van der Waals surface area contributed by atoms with Crippen LogP contribution in [0.15, 0.2) is 18.2 Å². The summed E-state index contributed by atoms with van der Waals surface area (Å²) in [5, 5.41) is 0.620. The highest BCUT2D eigenvalue weighted by Gasteiger charge is 2.26. The molecule has 1 aromatic rings. The minimum absolute atomic E-state index is 0.0899. The number of hydrogen-bond acceptors (Lipinski definition) is 1. The Hall–Kier alpha value is -0.730. The summed E-state index contributed by atoms with van der Waals surface area (Å²) in [6, 6.07) is 5.51. The number of amides is 1. The van der Waals surface area contributed by atoms with E-state index in [-0.39, 0.29) is 5.91 Å². The molecule has 0 N–H and O–H groups in total. The highest BCUT2D eigenvalue weighted by molar-refractivity contribution is 6.31. The maximum Gasteiger partial charge on any atom is 0.254 e. The summed E-state index contributed by atoms with van der Waals surface area (Å²) >= 11 is 11.5. The van der Waals surface area contributed by atoms with Gasteiger partial charge in [-0.2, -0.15) is 0 Å². The molecule has 1 amide bonds. The molecule has 1 aromatic carbocycles. The van der Waals surface area contributed by atoms with Crippen LogP contribution in [0, 0.1) is 0 Å². The Morgan fingerprint density at radius 1 is 1.31 bits per heavy atom. The molecule has 0 aromatic heterocycles. The zero-order chi connectivity index (χ0) is 11.5. The van der Waals surface area contributed by atoms with Crippen molar-refractivity contribution < 1.29 is 4.79 Å². The average molecular weight is 258 g/mol.